The van der Waals surface area contributed by atoms with Gasteiger partial charge in [-0.2, -0.15) is 0 Å². The molecule has 0 bridgehead atoms. The first-order valence-electron chi connectivity index (χ1n) is 11.3. The monoisotopic (exact) mass is 522 g/mol. The van der Waals surface area contributed by atoms with E-state index in [1.807, 2.05) is 0 Å². The summed E-state index contributed by atoms with van der Waals surface area (Å²) in [5.74, 6) is -6.66. The maximum atomic E-state index is 12.8. The fourth-order valence-electron chi connectivity index (χ4n) is 5.15. The largest absolute Gasteiger partial charge is 0.507 e. The molecule has 3 N–H and O–H groups in total. The van der Waals surface area contributed by atoms with E-state index in [0.29, 0.717) is 5.56 Å². The van der Waals surface area contributed by atoms with E-state index in [1.54, 1.807) is 6.07 Å². The number of Topliss-reactive ketones (excluding diaryl/α,β-unsaturated/α-hetero) is 1. The van der Waals surface area contributed by atoms with Gasteiger partial charge in [0.25, 0.3) is 5.79 Å². The molecule has 0 radical (unpaired) electrons. The van der Waals surface area contributed by atoms with E-state index in [9.17, 15) is 34.5 Å². The summed E-state index contributed by atoms with van der Waals surface area (Å²) in [6.45, 7) is 0. The molecule has 0 saturated heterocycles. The van der Waals surface area contributed by atoms with Crippen LogP contribution in [0, 0.1) is 0 Å². The van der Waals surface area contributed by atoms with Gasteiger partial charge in [0.1, 0.15) is 11.1 Å². The van der Waals surface area contributed by atoms with Gasteiger partial charge in [-0.1, -0.05) is 0 Å². The molecule has 1 atom stereocenters. The van der Waals surface area contributed by atoms with Crippen molar-refractivity contribution >= 4 is 28.3 Å². The van der Waals surface area contributed by atoms with E-state index >= 15 is 0 Å². The van der Waals surface area contributed by atoms with E-state index in [1.165, 1.54) is 13.2 Å². The predicted molar refractivity (Wildman–Crippen MR) is 125 cm³/mol. The number of phenols is 3. The highest BCUT2D eigenvalue weighted by Gasteiger charge is 2.50. The average molecular weight is 522 g/mol. The average Bonchev–Trinajstić information content (AvgIpc) is 3.27. The van der Waals surface area contributed by atoms with Gasteiger partial charge in [0.2, 0.25) is 11.5 Å². The lowest BCUT2D eigenvalue weighted by molar-refractivity contribution is -0.112. The number of hydrogen-bond donors (Lipinski definition) is 3. The number of phenolic OH excluding ortho intramolecular Hbond substituents is 3. The number of ketones is 2. The Morgan fingerprint density at radius 3 is 2.42 bits per heavy atom. The third-order valence-electron chi connectivity index (χ3n) is 6.92. The molecule has 2 aliphatic heterocycles. The summed E-state index contributed by atoms with van der Waals surface area (Å²) < 4.78 is 26.5. The van der Waals surface area contributed by atoms with Crippen molar-refractivity contribution in [3.8, 4) is 28.7 Å². The number of aromatic hydroxyl groups is 3. The highest BCUT2D eigenvalue weighted by Crippen LogP contribution is 2.55. The van der Waals surface area contributed by atoms with Gasteiger partial charge in [-0.25, -0.2) is 9.59 Å². The van der Waals surface area contributed by atoms with Crippen molar-refractivity contribution in [3.63, 3.8) is 0 Å². The lowest BCUT2D eigenvalue weighted by Crippen LogP contribution is -2.44. The summed E-state index contributed by atoms with van der Waals surface area (Å²) >= 11 is 0. The summed E-state index contributed by atoms with van der Waals surface area (Å²) in [6, 6.07) is 2.83. The molecule has 12 heteroatoms. The standard InChI is InChI=1S/C26H18O12/c1-34-13-7-12(27)16-17(19(13)29)21(31)23-11(18(16)28)8-26(38-23)4-3-9-5-10-6-14(24(32)35-2)36-25(33)15(10)20(30)22(9)37-26/h5-7,28,30-31H,3-4,8H2,1-2H3/t26-/m1/s1. The lowest BCUT2D eigenvalue weighted by Gasteiger charge is -2.35. The van der Waals surface area contributed by atoms with Gasteiger partial charge in [-0.3, -0.25) is 9.59 Å². The van der Waals surface area contributed by atoms with E-state index in [2.05, 4.69) is 4.74 Å². The maximum Gasteiger partial charge on any atom is 0.374 e. The van der Waals surface area contributed by atoms with Crippen LogP contribution in [0.1, 0.15) is 48.8 Å². The molecule has 1 aliphatic carbocycles. The highest BCUT2D eigenvalue weighted by atomic mass is 16.7. The molecule has 194 valence electrons. The Balaban J connectivity index is 1.44. The maximum absolute atomic E-state index is 12.8. The zero-order chi connectivity index (χ0) is 27.1. The zero-order valence-electron chi connectivity index (χ0n) is 19.9. The first-order chi connectivity index (χ1) is 18.1. The number of hydrogen-bond acceptors (Lipinski definition) is 12. The van der Waals surface area contributed by atoms with Crippen molar-refractivity contribution in [3.05, 3.63) is 62.4 Å². The molecule has 0 saturated carbocycles. The van der Waals surface area contributed by atoms with Gasteiger partial charge in [-0.15, -0.1) is 0 Å². The van der Waals surface area contributed by atoms with Crippen molar-refractivity contribution in [2.75, 3.05) is 14.2 Å². The number of carbonyl (C=O) groups excluding carboxylic acids is 3. The number of methoxy groups -OCH3 is 2. The predicted octanol–water partition coefficient (Wildman–Crippen LogP) is 2.26. The van der Waals surface area contributed by atoms with E-state index in [0.717, 1.165) is 13.2 Å². The fraction of sp³-hybridized carbons (Fsp3) is 0.231. The molecule has 6 rings (SSSR count). The number of fused-ring (bicyclic) bond motifs is 4. The second-order valence-electron chi connectivity index (χ2n) is 9.02. The quantitative estimate of drug-likeness (QED) is 0.331. The molecule has 0 amide bonds. The highest BCUT2D eigenvalue weighted by molar-refractivity contribution is 6.26. The molecule has 3 heterocycles. The van der Waals surface area contributed by atoms with Crippen LogP contribution in [0.3, 0.4) is 0 Å². The third kappa shape index (κ3) is 3.03. The molecular weight excluding hydrogens is 504 g/mol. The van der Waals surface area contributed by atoms with Crippen LogP contribution >= 0.6 is 0 Å². The molecule has 0 fully saturated rings. The number of benzene rings is 2. The Labute approximate surface area is 212 Å². The smallest absolute Gasteiger partial charge is 0.374 e. The number of carbonyl (C=O) groups is 3. The molecule has 2 aromatic carbocycles. The van der Waals surface area contributed by atoms with Crippen molar-refractivity contribution in [1.29, 1.82) is 0 Å². The first-order valence-corrected chi connectivity index (χ1v) is 11.3. The lowest BCUT2D eigenvalue weighted by atomic mass is 9.87. The molecular formula is C26H18O12. The third-order valence-corrected chi connectivity index (χ3v) is 6.92. The second kappa shape index (κ2) is 7.75. The molecule has 1 aromatic heterocycles. The van der Waals surface area contributed by atoms with E-state index < -0.39 is 51.8 Å². The Kier molecular flexibility index (Phi) is 4.77. The minimum absolute atomic E-state index is 0.0441. The minimum Gasteiger partial charge on any atom is -0.507 e. The van der Waals surface area contributed by atoms with E-state index in [4.69, 9.17) is 18.6 Å². The van der Waals surface area contributed by atoms with Gasteiger partial charge in [0, 0.05) is 18.1 Å². The van der Waals surface area contributed by atoms with Crippen LogP contribution in [0.25, 0.3) is 10.8 Å². The summed E-state index contributed by atoms with van der Waals surface area (Å²) in [5.41, 5.74) is -1.29. The van der Waals surface area contributed by atoms with E-state index in [-0.39, 0.29) is 64.2 Å². The van der Waals surface area contributed by atoms with Gasteiger partial charge in [0.15, 0.2) is 34.5 Å². The molecule has 12 nitrogen and oxygen atoms in total. The summed E-state index contributed by atoms with van der Waals surface area (Å²) in [4.78, 5) is 49.9. The fourth-order valence-corrected chi connectivity index (χ4v) is 5.15. The number of esters is 1. The Morgan fingerprint density at radius 2 is 1.71 bits per heavy atom. The Morgan fingerprint density at radius 1 is 0.974 bits per heavy atom. The zero-order valence-corrected chi connectivity index (χ0v) is 19.9. The number of aryl methyl sites for hydroxylation is 1. The van der Waals surface area contributed by atoms with Crippen molar-refractivity contribution in [2.24, 2.45) is 0 Å². The summed E-state index contributed by atoms with van der Waals surface area (Å²) in [5, 5.41) is 32.8. The van der Waals surface area contributed by atoms with Crippen molar-refractivity contribution in [2.45, 2.75) is 25.0 Å². The van der Waals surface area contributed by atoms with Gasteiger partial charge < -0.3 is 38.7 Å². The molecule has 0 unspecified atom stereocenters. The number of ether oxygens (including phenoxy) is 4. The topological polar surface area (TPSA) is 179 Å². The van der Waals surface area contributed by atoms with Gasteiger partial charge in [0.05, 0.1) is 31.8 Å². The summed E-state index contributed by atoms with van der Waals surface area (Å²) in [6.07, 6.45) is 1.20. The Bertz CT molecular complexity index is 1730. The summed E-state index contributed by atoms with van der Waals surface area (Å²) in [7, 11) is 2.33. The van der Waals surface area contributed by atoms with Crippen LogP contribution in [0.5, 0.6) is 28.7 Å². The molecule has 38 heavy (non-hydrogen) atoms. The van der Waals surface area contributed by atoms with Crippen LogP contribution < -0.4 is 15.1 Å². The van der Waals surface area contributed by atoms with Crippen LogP contribution in [0.15, 0.2) is 33.2 Å². The van der Waals surface area contributed by atoms with Gasteiger partial charge >= 0.3 is 11.6 Å². The number of allylic oxidation sites excluding steroid dienone is 2. The van der Waals surface area contributed by atoms with Crippen LogP contribution in [0.2, 0.25) is 0 Å². The van der Waals surface area contributed by atoms with Crippen LogP contribution in [-0.2, 0) is 22.3 Å². The molecule has 3 aliphatic rings. The van der Waals surface area contributed by atoms with Crippen molar-refractivity contribution in [1.82, 2.24) is 0 Å². The van der Waals surface area contributed by atoms with Crippen LogP contribution in [0.4, 0.5) is 0 Å². The normalized spacial score (nSPS) is 19.3. The SMILES string of the molecule is COC(=O)c1cc2cc3c(c(O)c2c(=O)o1)O[C@@]1(CC3)Cc2c(O)c3c(c(O)c2O1)C(=O)C(OC)=CC3=O. The van der Waals surface area contributed by atoms with Crippen LogP contribution in [-0.4, -0.2) is 52.9 Å². The molecule has 1 spiro atoms. The van der Waals surface area contributed by atoms with Gasteiger partial charge in [-0.05, 0) is 29.5 Å². The molecule has 3 aromatic rings. The van der Waals surface area contributed by atoms with Crippen molar-refractivity contribution < 1.29 is 53.1 Å². The minimum atomic E-state index is -1.55. The first kappa shape index (κ1) is 23.4. The Hall–Kier alpha value is -5.00. The second-order valence-corrected chi connectivity index (χ2v) is 9.02. The number of rotatable bonds is 2.